The van der Waals surface area contributed by atoms with Gasteiger partial charge in [0.2, 0.25) is 0 Å². The summed E-state index contributed by atoms with van der Waals surface area (Å²) in [4.78, 5) is 25.5. The predicted molar refractivity (Wildman–Crippen MR) is 279 cm³/mol. The Morgan fingerprint density at radius 1 is 0.359 bits per heavy atom. The monoisotopic (exact) mass is 891 g/mol. The van der Waals surface area contributed by atoms with Crippen molar-refractivity contribution in [1.82, 2.24) is 0 Å². The van der Waals surface area contributed by atoms with Crippen LogP contribution < -0.4 is 0 Å². The summed E-state index contributed by atoms with van der Waals surface area (Å²) < 4.78 is 17.4. The van der Waals surface area contributed by atoms with Crippen LogP contribution in [0.3, 0.4) is 0 Å². The molecule has 0 aliphatic heterocycles. The minimum atomic E-state index is -0.559. The fourth-order valence-electron chi connectivity index (χ4n) is 7.35. The van der Waals surface area contributed by atoms with E-state index in [0.717, 1.165) is 89.9 Å². The quantitative estimate of drug-likeness (QED) is 0.0346. The maximum absolute atomic E-state index is 12.8. The van der Waals surface area contributed by atoms with Crippen molar-refractivity contribution in [3.8, 4) is 0 Å². The zero-order valence-corrected chi connectivity index (χ0v) is 42.3. The highest BCUT2D eigenvalue weighted by Gasteiger charge is 2.17. The molecule has 0 radical (unpaired) electrons. The average molecular weight is 891 g/mol. The molecule has 0 amide bonds. The third kappa shape index (κ3) is 51.7. The fourth-order valence-corrected chi connectivity index (χ4v) is 7.35. The molecule has 0 saturated carbocycles. The Labute approximate surface area is 397 Å². The first-order valence-electron chi connectivity index (χ1n) is 27.1. The number of hydrogen-bond acceptors (Lipinski definition) is 5. The van der Waals surface area contributed by atoms with Crippen molar-refractivity contribution >= 4 is 11.9 Å². The number of rotatable bonds is 49. The lowest BCUT2D eigenvalue weighted by molar-refractivity contribution is -0.163. The van der Waals surface area contributed by atoms with E-state index in [1.165, 1.54) is 128 Å². The van der Waals surface area contributed by atoms with Crippen LogP contribution in [-0.2, 0) is 23.8 Å². The van der Waals surface area contributed by atoms with Crippen LogP contribution in [0.25, 0.3) is 0 Å². The summed E-state index contributed by atoms with van der Waals surface area (Å²) in [5.74, 6) is -0.426. The van der Waals surface area contributed by atoms with E-state index < -0.39 is 6.10 Å². The van der Waals surface area contributed by atoms with Gasteiger partial charge in [-0.15, -0.1) is 0 Å². The Balaban J connectivity index is 4.33. The lowest BCUT2D eigenvalue weighted by Gasteiger charge is -2.18. The first-order valence-corrected chi connectivity index (χ1v) is 27.1. The SMILES string of the molecule is CC/C=C\C/C=C\C/C=C\CCCCCCOCC(COC(=O)CCCCCCCCC/C=C\C/C=C\CCCCC)OC(=O)CCCCCCCCC/C=C\C/C=C\CCCCC. The Morgan fingerprint density at radius 2 is 0.703 bits per heavy atom. The number of unbranched alkanes of at least 4 members (excludes halogenated alkanes) is 24. The Hall–Kier alpha value is -2.92. The van der Waals surface area contributed by atoms with Gasteiger partial charge < -0.3 is 14.2 Å². The van der Waals surface area contributed by atoms with Crippen molar-refractivity contribution in [1.29, 1.82) is 0 Å². The zero-order chi connectivity index (χ0) is 46.3. The highest BCUT2D eigenvalue weighted by atomic mass is 16.6. The molecule has 1 atom stereocenters. The van der Waals surface area contributed by atoms with E-state index in [0.29, 0.717) is 19.4 Å². The summed E-state index contributed by atoms with van der Waals surface area (Å²) >= 11 is 0. The van der Waals surface area contributed by atoms with E-state index >= 15 is 0 Å². The van der Waals surface area contributed by atoms with Crippen LogP contribution in [0, 0.1) is 0 Å². The average Bonchev–Trinajstić information content (AvgIpc) is 3.30. The molecule has 0 aromatic heterocycles. The van der Waals surface area contributed by atoms with Gasteiger partial charge in [-0.05, 0) is 116 Å². The Bertz CT molecular complexity index is 1190. The van der Waals surface area contributed by atoms with Crippen LogP contribution in [0.5, 0.6) is 0 Å². The largest absolute Gasteiger partial charge is 0.462 e. The highest BCUT2D eigenvalue weighted by Crippen LogP contribution is 2.14. The standard InChI is InChI=1S/C59H102O5/c1-4-7-10-13-16-19-22-25-28-30-32-34-37-40-43-46-49-52-58(60)63-56-57(55-62-54-51-48-45-42-39-36-27-24-21-18-15-12-9-6-3)64-59(61)53-50-47-44-41-38-35-33-31-29-26-23-20-17-14-11-8-5-2/h9,12,16-21,25-29,36,57H,4-8,10-11,13-15,22-24,30-35,37-56H2,1-3H3/b12-9-,19-16-,20-17-,21-18-,28-25-,29-26-,36-27-. The number of hydrogen-bond donors (Lipinski definition) is 0. The summed E-state index contributed by atoms with van der Waals surface area (Å²) in [5, 5.41) is 0. The predicted octanol–water partition coefficient (Wildman–Crippen LogP) is 18.5. The molecule has 5 heteroatoms. The third-order valence-corrected chi connectivity index (χ3v) is 11.4. The van der Waals surface area contributed by atoms with Crippen LogP contribution in [0.4, 0.5) is 0 Å². The van der Waals surface area contributed by atoms with Crippen LogP contribution in [0.2, 0.25) is 0 Å². The molecule has 368 valence electrons. The van der Waals surface area contributed by atoms with E-state index in [9.17, 15) is 9.59 Å². The van der Waals surface area contributed by atoms with Crippen LogP contribution in [0.15, 0.2) is 85.1 Å². The highest BCUT2D eigenvalue weighted by molar-refractivity contribution is 5.70. The van der Waals surface area contributed by atoms with Crippen LogP contribution >= 0.6 is 0 Å². The molecule has 0 heterocycles. The van der Waals surface area contributed by atoms with Crippen molar-refractivity contribution in [2.45, 2.75) is 258 Å². The molecule has 0 aromatic rings. The van der Waals surface area contributed by atoms with E-state index in [4.69, 9.17) is 14.2 Å². The molecule has 0 aromatic carbocycles. The first kappa shape index (κ1) is 61.1. The maximum atomic E-state index is 12.8. The van der Waals surface area contributed by atoms with Crippen molar-refractivity contribution in [2.24, 2.45) is 0 Å². The van der Waals surface area contributed by atoms with E-state index in [2.05, 4.69) is 106 Å². The molecule has 5 nitrogen and oxygen atoms in total. The van der Waals surface area contributed by atoms with E-state index in [1.54, 1.807) is 0 Å². The van der Waals surface area contributed by atoms with Gasteiger partial charge in [0.25, 0.3) is 0 Å². The summed E-state index contributed by atoms with van der Waals surface area (Å²) in [5.41, 5.74) is 0. The van der Waals surface area contributed by atoms with Gasteiger partial charge in [-0.2, -0.15) is 0 Å². The summed E-state index contributed by atoms with van der Waals surface area (Å²) in [6.07, 6.45) is 71.6. The van der Waals surface area contributed by atoms with Crippen molar-refractivity contribution in [3.63, 3.8) is 0 Å². The molecule has 64 heavy (non-hydrogen) atoms. The molecule has 0 bridgehead atoms. The lowest BCUT2D eigenvalue weighted by atomic mass is 10.1. The lowest BCUT2D eigenvalue weighted by Crippen LogP contribution is -2.30. The molecule has 0 aliphatic rings. The van der Waals surface area contributed by atoms with Gasteiger partial charge in [-0.1, -0.05) is 209 Å². The molecular formula is C59H102O5. The summed E-state index contributed by atoms with van der Waals surface area (Å²) in [6, 6.07) is 0. The smallest absolute Gasteiger partial charge is 0.306 e. The van der Waals surface area contributed by atoms with Crippen LogP contribution in [-0.4, -0.2) is 37.9 Å². The Kier molecular flexibility index (Phi) is 51.9. The van der Waals surface area contributed by atoms with Gasteiger partial charge in [0, 0.05) is 19.4 Å². The van der Waals surface area contributed by atoms with Gasteiger partial charge in [0.15, 0.2) is 6.10 Å². The van der Waals surface area contributed by atoms with Crippen molar-refractivity contribution < 1.29 is 23.8 Å². The number of esters is 2. The molecule has 0 rings (SSSR count). The molecule has 0 fully saturated rings. The minimum absolute atomic E-state index is 0.0656. The molecule has 0 spiro atoms. The normalized spacial score (nSPS) is 12.9. The number of carbonyl (C=O) groups is 2. The van der Waals surface area contributed by atoms with Gasteiger partial charge in [-0.3, -0.25) is 9.59 Å². The second kappa shape index (κ2) is 54.4. The number of carbonyl (C=O) groups excluding carboxylic acids is 2. The summed E-state index contributed by atoms with van der Waals surface area (Å²) in [6.45, 7) is 7.61. The molecular weight excluding hydrogens is 789 g/mol. The second-order valence-electron chi connectivity index (χ2n) is 17.7. The fraction of sp³-hybridized carbons (Fsp3) is 0.729. The second-order valence-corrected chi connectivity index (χ2v) is 17.7. The Morgan fingerprint density at radius 3 is 1.12 bits per heavy atom. The van der Waals surface area contributed by atoms with Crippen molar-refractivity contribution in [3.05, 3.63) is 85.1 Å². The van der Waals surface area contributed by atoms with Gasteiger partial charge in [-0.25, -0.2) is 0 Å². The summed E-state index contributed by atoms with van der Waals surface area (Å²) in [7, 11) is 0. The molecule has 0 saturated heterocycles. The van der Waals surface area contributed by atoms with E-state index in [-0.39, 0.29) is 25.2 Å². The topological polar surface area (TPSA) is 61.8 Å². The van der Waals surface area contributed by atoms with Gasteiger partial charge in [0.05, 0.1) is 6.61 Å². The number of ether oxygens (including phenoxy) is 3. The molecule has 1 unspecified atom stereocenters. The zero-order valence-electron chi connectivity index (χ0n) is 42.3. The minimum Gasteiger partial charge on any atom is -0.462 e. The third-order valence-electron chi connectivity index (χ3n) is 11.4. The van der Waals surface area contributed by atoms with Gasteiger partial charge in [0.1, 0.15) is 6.61 Å². The van der Waals surface area contributed by atoms with Gasteiger partial charge >= 0.3 is 11.9 Å². The first-order chi connectivity index (χ1) is 31.6. The van der Waals surface area contributed by atoms with E-state index in [1.807, 2.05) is 0 Å². The molecule has 0 N–H and O–H groups in total. The maximum Gasteiger partial charge on any atom is 0.306 e. The van der Waals surface area contributed by atoms with Crippen molar-refractivity contribution in [2.75, 3.05) is 19.8 Å². The van der Waals surface area contributed by atoms with Crippen LogP contribution in [0.1, 0.15) is 252 Å². The number of allylic oxidation sites excluding steroid dienone is 14. The molecule has 0 aliphatic carbocycles.